The molecular formula is C16H22N2O. The van der Waals surface area contributed by atoms with Crippen LogP contribution in [0.1, 0.15) is 38.8 Å². The minimum atomic E-state index is -0.318. The Labute approximate surface area is 115 Å². The molecule has 1 aliphatic rings. The molecule has 0 aliphatic carbocycles. The lowest BCUT2D eigenvalue weighted by Crippen LogP contribution is -2.27. The molecule has 0 spiro atoms. The van der Waals surface area contributed by atoms with Crippen molar-refractivity contribution in [2.24, 2.45) is 5.41 Å². The van der Waals surface area contributed by atoms with Crippen LogP contribution in [0.15, 0.2) is 18.2 Å². The molecule has 3 heteroatoms. The summed E-state index contributed by atoms with van der Waals surface area (Å²) in [5.74, 6) is 1.01. The van der Waals surface area contributed by atoms with E-state index in [-0.39, 0.29) is 11.0 Å². The lowest BCUT2D eigenvalue weighted by atomic mass is 9.96. The molecule has 0 amide bonds. The molecule has 0 bridgehead atoms. The highest BCUT2D eigenvalue weighted by atomic mass is 16.5. The van der Waals surface area contributed by atoms with Gasteiger partial charge in [0.25, 0.3) is 0 Å². The van der Waals surface area contributed by atoms with Gasteiger partial charge in [0.2, 0.25) is 0 Å². The fourth-order valence-corrected chi connectivity index (χ4v) is 2.33. The second kappa shape index (κ2) is 4.86. The van der Waals surface area contributed by atoms with E-state index >= 15 is 0 Å². The maximum atomic E-state index is 8.97. The zero-order valence-electron chi connectivity index (χ0n) is 12.2. The number of hydrogen-bond donors (Lipinski definition) is 1. The van der Waals surface area contributed by atoms with E-state index in [4.69, 9.17) is 10.00 Å². The van der Waals surface area contributed by atoms with Crippen LogP contribution in [-0.4, -0.2) is 12.1 Å². The number of hydrogen-bond acceptors (Lipinski definition) is 3. The van der Waals surface area contributed by atoms with Gasteiger partial charge in [-0.1, -0.05) is 12.1 Å². The van der Waals surface area contributed by atoms with Crippen molar-refractivity contribution in [2.75, 3.05) is 6.54 Å². The average Bonchev–Trinajstić information content (AvgIpc) is 2.62. The van der Waals surface area contributed by atoms with Crippen molar-refractivity contribution in [1.82, 2.24) is 5.32 Å². The second-order valence-electron chi connectivity index (χ2n) is 6.58. The van der Waals surface area contributed by atoms with E-state index in [9.17, 15) is 0 Å². The Hall–Kier alpha value is -1.53. The van der Waals surface area contributed by atoms with Crippen LogP contribution in [0, 0.1) is 16.7 Å². The molecule has 0 unspecified atom stereocenters. The van der Waals surface area contributed by atoms with Crippen molar-refractivity contribution in [3.63, 3.8) is 0 Å². The van der Waals surface area contributed by atoms with Crippen LogP contribution in [0.2, 0.25) is 0 Å². The topological polar surface area (TPSA) is 45.0 Å². The molecule has 2 rings (SSSR count). The maximum Gasteiger partial charge on any atom is 0.123 e. The molecule has 0 saturated carbocycles. The molecule has 0 saturated heterocycles. The summed E-state index contributed by atoms with van der Waals surface area (Å²) < 4.78 is 5.86. The Morgan fingerprint density at radius 1 is 1.42 bits per heavy atom. The normalized spacial score (nSPS) is 16.6. The molecule has 1 aliphatic heterocycles. The fraction of sp³-hybridized carbons (Fsp3) is 0.562. The minimum Gasteiger partial charge on any atom is -0.487 e. The van der Waals surface area contributed by atoms with E-state index in [1.807, 2.05) is 13.8 Å². The van der Waals surface area contributed by atoms with Gasteiger partial charge in [-0.3, -0.25) is 0 Å². The van der Waals surface area contributed by atoms with Crippen LogP contribution in [-0.2, 0) is 13.0 Å². The summed E-state index contributed by atoms with van der Waals surface area (Å²) in [7, 11) is 0. The van der Waals surface area contributed by atoms with E-state index in [1.54, 1.807) is 0 Å². The molecule has 3 nitrogen and oxygen atoms in total. The summed E-state index contributed by atoms with van der Waals surface area (Å²) in [5, 5.41) is 12.3. The average molecular weight is 258 g/mol. The van der Waals surface area contributed by atoms with Crippen molar-refractivity contribution < 1.29 is 4.74 Å². The van der Waals surface area contributed by atoms with E-state index in [0.29, 0.717) is 6.54 Å². The Morgan fingerprint density at radius 2 is 2.16 bits per heavy atom. The number of nitrogens with one attached hydrogen (secondary N) is 1. The zero-order valence-corrected chi connectivity index (χ0v) is 12.2. The lowest BCUT2D eigenvalue weighted by Gasteiger charge is -2.16. The largest absolute Gasteiger partial charge is 0.487 e. The number of nitriles is 1. The predicted octanol–water partition coefficient (Wildman–Crippen LogP) is 3.04. The van der Waals surface area contributed by atoms with Gasteiger partial charge in [-0.2, -0.15) is 5.26 Å². The van der Waals surface area contributed by atoms with Gasteiger partial charge in [0, 0.05) is 19.5 Å². The summed E-state index contributed by atoms with van der Waals surface area (Å²) in [5.41, 5.74) is 2.12. The van der Waals surface area contributed by atoms with Gasteiger partial charge in [-0.15, -0.1) is 0 Å². The molecule has 102 valence electrons. The number of rotatable bonds is 4. The van der Waals surface area contributed by atoms with E-state index in [0.717, 1.165) is 18.7 Å². The number of fused-ring (bicyclic) bond motifs is 1. The third-order valence-electron chi connectivity index (χ3n) is 3.33. The molecular weight excluding hydrogens is 236 g/mol. The molecule has 0 fully saturated rings. The van der Waals surface area contributed by atoms with E-state index in [2.05, 4.69) is 43.4 Å². The van der Waals surface area contributed by atoms with Crippen LogP contribution < -0.4 is 10.1 Å². The van der Waals surface area contributed by atoms with Gasteiger partial charge >= 0.3 is 0 Å². The third-order valence-corrected chi connectivity index (χ3v) is 3.33. The quantitative estimate of drug-likeness (QED) is 0.902. The summed E-state index contributed by atoms with van der Waals surface area (Å²) in [4.78, 5) is 0. The SMILES string of the molecule is CC(C)(C#N)CNCc1ccc2c(c1)CC(C)(C)O2. The van der Waals surface area contributed by atoms with Gasteiger partial charge in [0.15, 0.2) is 0 Å². The van der Waals surface area contributed by atoms with Crippen molar-refractivity contribution >= 4 is 0 Å². The van der Waals surface area contributed by atoms with Crippen molar-refractivity contribution in [3.8, 4) is 11.8 Å². The van der Waals surface area contributed by atoms with Crippen molar-refractivity contribution in [1.29, 1.82) is 5.26 Å². The molecule has 0 atom stereocenters. The Balaban J connectivity index is 1.96. The van der Waals surface area contributed by atoms with E-state index in [1.165, 1.54) is 11.1 Å². The lowest BCUT2D eigenvalue weighted by molar-refractivity contribution is 0.138. The number of benzene rings is 1. The predicted molar refractivity (Wildman–Crippen MR) is 76.0 cm³/mol. The Kier molecular flexibility index (Phi) is 3.56. The highest BCUT2D eigenvalue weighted by Crippen LogP contribution is 2.35. The highest BCUT2D eigenvalue weighted by molar-refractivity contribution is 5.41. The van der Waals surface area contributed by atoms with Gasteiger partial charge in [0.1, 0.15) is 11.4 Å². The van der Waals surface area contributed by atoms with Gasteiger partial charge in [-0.25, -0.2) is 0 Å². The summed E-state index contributed by atoms with van der Waals surface area (Å²) in [6, 6.07) is 8.64. The second-order valence-corrected chi connectivity index (χ2v) is 6.58. The first-order chi connectivity index (χ1) is 8.81. The molecule has 1 aromatic rings. The molecule has 1 N–H and O–H groups in total. The van der Waals surface area contributed by atoms with Crippen LogP contribution >= 0.6 is 0 Å². The van der Waals surface area contributed by atoms with Gasteiger partial charge < -0.3 is 10.1 Å². The van der Waals surface area contributed by atoms with Crippen LogP contribution in [0.4, 0.5) is 0 Å². The van der Waals surface area contributed by atoms with Gasteiger partial charge in [0.05, 0.1) is 11.5 Å². The first kappa shape index (κ1) is 13.9. The standard InChI is InChI=1S/C16H22N2O/c1-15(2,10-17)11-18-9-12-5-6-14-13(7-12)8-16(3,4)19-14/h5-7,18H,8-9,11H2,1-4H3. The maximum absolute atomic E-state index is 8.97. The van der Waals surface area contributed by atoms with Crippen LogP contribution in [0.5, 0.6) is 5.75 Å². The van der Waals surface area contributed by atoms with Gasteiger partial charge in [-0.05, 0) is 44.9 Å². The van der Waals surface area contributed by atoms with Crippen LogP contribution in [0.3, 0.4) is 0 Å². The molecule has 0 radical (unpaired) electrons. The molecule has 1 aromatic carbocycles. The Bertz CT molecular complexity index is 512. The summed E-state index contributed by atoms with van der Waals surface area (Å²) in [6.45, 7) is 9.60. The van der Waals surface area contributed by atoms with Crippen LogP contribution in [0.25, 0.3) is 0 Å². The number of nitrogens with zero attached hydrogens (tertiary/aromatic N) is 1. The van der Waals surface area contributed by atoms with E-state index < -0.39 is 0 Å². The minimum absolute atomic E-state index is 0.0861. The summed E-state index contributed by atoms with van der Waals surface area (Å²) in [6.07, 6.45) is 0.958. The zero-order chi connectivity index (χ0) is 14.1. The monoisotopic (exact) mass is 258 g/mol. The Morgan fingerprint density at radius 3 is 2.84 bits per heavy atom. The molecule has 0 aromatic heterocycles. The molecule has 1 heterocycles. The van der Waals surface area contributed by atoms with Crippen molar-refractivity contribution in [2.45, 2.75) is 46.3 Å². The molecule has 19 heavy (non-hydrogen) atoms. The van der Waals surface area contributed by atoms with Crippen molar-refractivity contribution in [3.05, 3.63) is 29.3 Å². The highest BCUT2D eigenvalue weighted by Gasteiger charge is 2.29. The summed E-state index contributed by atoms with van der Waals surface area (Å²) >= 11 is 0. The smallest absolute Gasteiger partial charge is 0.123 e. The first-order valence-corrected chi connectivity index (χ1v) is 6.74. The third kappa shape index (κ3) is 3.48. The fourth-order valence-electron chi connectivity index (χ4n) is 2.33. The number of ether oxygens (including phenoxy) is 1. The first-order valence-electron chi connectivity index (χ1n) is 6.74.